The monoisotopic (exact) mass is 463 g/mol. The summed E-state index contributed by atoms with van der Waals surface area (Å²) in [4.78, 5) is 4.80. The van der Waals surface area contributed by atoms with Crippen LogP contribution in [0.2, 0.25) is 0 Å². The first-order valence-electron chi connectivity index (χ1n) is 13.2. The van der Waals surface area contributed by atoms with Crippen LogP contribution >= 0.6 is 0 Å². The summed E-state index contributed by atoms with van der Waals surface area (Å²) in [5, 5.41) is 2.56. The normalized spacial score (nSPS) is 11.7. The quantitative estimate of drug-likeness (QED) is 0.200. The zero-order valence-electron chi connectivity index (χ0n) is 21.6. The van der Waals surface area contributed by atoms with Crippen molar-refractivity contribution in [1.82, 2.24) is 14.1 Å². The Labute approximate surface area is 209 Å². The van der Waals surface area contributed by atoms with Crippen molar-refractivity contribution in [2.24, 2.45) is 7.05 Å². The molecule has 0 fully saturated rings. The summed E-state index contributed by atoms with van der Waals surface area (Å²) in [5.74, 6) is 0.995. The molecule has 35 heavy (non-hydrogen) atoms. The van der Waals surface area contributed by atoms with E-state index in [1.54, 1.807) is 0 Å². The maximum Gasteiger partial charge on any atom is 0.144 e. The van der Waals surface area contributed by atoms with Gasteiger partial charge >= 0.3 is 0 Å². The molecule has 180 valence electrons. The first kappa shape index (κ1) is 23.4. The summed E-state index contributed by atoms with van der Waals surface area (Å²) in [6.07, 6.45) is 13.2. The lowest BCUT2D eigenvalue weighted by molar-refractivity contribution is 0.607. The predicted octanol–water partition coefficient (Wildman–Crippen LogP) is 8.70. The maximum absolute atomic E-state index is 4.80. The molecular weight excluding hydrogens is 426 g/mol. The molecule has 0 N–H and O–H groups in total. The number of aryl methyl sites for hydroxylation is 4. The van der Waals surface area contributed by atoms with Gasteiger partial charge in [-0.05, 0) is 67.6 Å². The number of hydrogen-bond acceptors (Lipinski definition) is 1. The molecule has 0 spiro atoms. The van der Waals surface area contributed by atoms with Gasteiger partial charge in [-0.15, -0.1) is 0 Å². The Kier molecular flexibility index (Phi) is 6.77. The summed E-state index contributed by atoms with van der Waals surface area (Å²) in [5.41, 5.74) is 9.00. The third kappa shape index (κ3) is 4.52. The van der Waals surface area contributed by atoms with Crippen molar-refractivity contribution < 1.29 is 0 Å². The number of hydrogen-bond donors (Lipinski definition) is 0. The lowest BCUT2D eigenvalue weighted by Crippen LogP contribution is -2.03. The van der Waals surface area contributed by atoms with E-state index in [-0.39, 0.29) is 0 Å². The average molecular weight is 464 g/mol. The molecule has 0 saturated heterocycles. The standard InChI is InChI=1S/C32H37N3/c1-5-6-7-8-9-10-13-25-20-23(2)31(24(3)21-25)35-19-18-33-32(35)26-16-17-30-28(22-26)27-14-11-12-15-29(27)34(30)4/h11-12,14-22H,5-10,13H2,1-4H3. The van der Waals surface area contributed by atoms with Crippen LogP contribution in [0.3, 0.4) is 0 Å². The van der Waals surface area contributed by atoms with E-state index < -0.39 is 0 Å². The minimum Gasteiger partial charge on any atom is -0.344 e. The second-order valence-corrected chi connectivity index (χ2v) is 10.0. The van der Waals surface area contributed by atoms with Crippen molar-refractivity contribution in [3.05, 3.63) is 83.7 Å². The van der Waals surface area contributed by atoms with Gasteiger partial charge in [0.2, 0.25) is 0 Å². The fraction of sp³-hybridized carbons (Fsp3) is 0.344. The maximum atomic E-state index is 4.80. The Morgan fingerprint density at radius 3 is 2.29 bits per heavy atom. The first-order valence-corrected chi connectivity index (χ1v) is 13.2. The van der Waals surface area contributed by atoms with Crippen molar-refractivity contribution >= 4 is 21.8 Å². The summed E-state index contributed by atoms with van der Waals surface area (Å²) in [7, 11) is 2.14. The first-order chi connectivity index (χ1) is 17.1. The van der Waals surface area contributed by atoms with Gasteiger partial charge in [-0.3, -0.25) is 4.57 Å². The molecule has 0 saturated carbocycles. The van der Waals surface area contributed by atoms with Crippen LogP contribution in [0.4, 0.5) is 0 Å². The number of fused-ring (bicyclic) bond motifs is 3. The van der Waals surface area contributed by atoms with Crippen molar-refractivity contribution in [2.45, 2.75) is 65.7 Å². The number of rotatable bonds is 9. The van der Waals surface area contributed by atoms with E-state index in [4.69, 9.17) is 4.98 Å². The molecule has 2 heterocycles. The van der Waals surface area contributed by atoms with Crippen LogP contribution in [-0.4, -0.2) is 14.1 Å². The third-order valence-corrected chi connectivity index (χ3v) is 7.42. The van der Waals surface area contributed by atoms with E-state index in [0.717, 1.165) is 11.4 Å². The zero-order chi connectivity index (χ0) is 24.4. The number of aromatic nitrogens is 3. The molecule has 3 heteroatoms. The Hall–Kier alpha value is -3.33. The fourth-order valence-electron chi connectivity index (χ4n) is 5.68. The van der Waals surface area contributed by atoms with Gasteiger partial charge in [-0.25, -0.2) is 4.98 Å². The molecule has 0 radical (unpaired) electrons. The van der Waals surface area contributed by atoms with Crippen molar-refractivity contribution in [3.8, 4) is 17.1 Å². The lowest BCUT2D eigenvalue weighted by atomic mass is 9.99. The molecule has 3 nitrogen and oxygen atoms in total. The minimum absolute atomic E-state index is 0.995. The molecule has 5 rings (SSSR count). The van der Waals surface area contributed by atoms with Gasteiger partial charge in [0, 0.05) is 46.8 Å². The van der Waals surface area contributed by atoms with Crippen LogP contribution in [0.1, 0.15) is 62.1 Å². The van der Waals surface area contributed by atoms with E-state index in [2.05, 4.69) is 97.7 Å². The van der Waals surface area contributed by atoms with Gasteiger partial charge in [-0.1, -0.05) is 69.4 Å². The van der Waals surface area contributed by atoms with Crippen LogP contribution in [0.25, 0.3) is 38.9 Å². The number of para-hydroxylation sites is 1. The van der Waals surface area contributed by atoms with E-state index in [1.165, 1.54) is 89.1 Å². The van der Waals surface area contributed by atoms with Crippen molar-refractivity contribution in [1.29, 1.82) is 0 Å². The van der Waals surface area contributed by atoms with Gasteiger partial charge in [0.1, 0.15) is 5.82 Å². The molecule has 5 aromatic rings. The highest BCUT2D eigenvalue weighted by Gasteiger charge is 2.15. The summed E-state index contributed by atoms with van der Waals surface area (Å²) < 4.78 is 4.54. The van der Waals surface area contributed by atoms with Gasteiger partial charge in [0.15, 0.2) is 0 Å². The molecule has 0 aliphatic heterocycles. The topological polar surface area (TPSA) is 22.8 Å². The van der Waals surface area contributed by atoms with Crippen LogP contribution in [-0.2, 0) is 13.5 Å². The van der Waals surface area contributed by atoms with E-state index in [1.807, 2.05) is 6.20 Å². The summed E-state index contributed by atoms with van der Waals surface area (Å²) in [6, 6.07) is 20.1. The molecule has 0 aliphatic carbocycles. The highest BCUT2D eigenvalue weighted by Crippen LogP contribution is 2.33. The van der Waals surface area contributed by atoms with Gasteiger partial charge in [0.25, 0.3) is 0 Å². The predicted molar refractivity (Wildman–Crippen MR) is 150 cm³/mol. The summed E-state index contributed by atoms with van der Waals surface area (Å²) >= 11 is 0. The molecule has 0 aliphatic rings. The van der Waals surface area contributed by atoms with Crippen LogP contribution in [0.15, 0.2) is 67.0 Å². The Morgan fingerprint density at radius 1 is 0.771 bits per heavy atom. The molecule has 0 unspecified atom stereocenters. The van der Waals surface area contributed by atoms with Gasteiger partial charge < -0.3 is 4.57 Å². The molecule has 2 aromatic heterocycles. The van der Waals surface area contributed by atoms with Crippen molar-refractivity contribution in [3.63, 3.8) is 0 Å². The Morgan fingerprint density at radius 2 is 1.49 bits per heavy atom. The van der Waals surface area contributed by atoms with Crippen LogP contribution in [0.5, 0.6) is 0 Å². The number of benzene rings is 3. The highest BCUT2D eigenvalue weighted by molar-refractivity contribution is 6.09. The number of imidazole rings is 1. The van der Waals surface area contributed by atoms with E-state index in [9.17, 15) is 0 Å². The highest BCUT2D eigenvalue weighted by atomic mass is 15.1. The molecule has 3 aromatic carbocycles. The van der Waals surface area contributed by atoms with Crippen LogP contribution < -0.4 is 0 Å². The minimum atomic E-state index is 0.995. The van der Waals surface area contributed by atoms with E-state index in [0.29, 0.717) is 0 Å². The number of nitrogens with zero attached hydrogens (tertiary/aromatic N) is 3. The second kappa shape index (κ2) is 10.1. The smallest absolute Gasteiger partial charge is 0.144 e. The van der Waals surface area contributed by atoms with E-state index >= 15 is 0 Å². The Balaban J connectivity index is 1.45. The molecular formula is C32H37N3. The largest absolute Gasteiger partial charge is 0.344 e. The van der Waals surface area contributed by atoms with Gasteiger partial charge in [-0.2, -0.15) is 0 Å². The summed E-state index contributed by atoms with van der Waals surface area (Å²) in [6.45, 7) is 6.76. The molecule has 0 atom stereocenters. The number of unbranched alkanes of at least 4 members (excludes halogenated alkanes) is 5. The molecule has 0 amide bonds. The average Bonchev–Trinajstić information content (AvgIpc) is 3.44. The Bertz CT molecular complexity index is 1440. The van der Waals surface area contributed by atoms with Crippen molar-refractivity contribution in [2.75, 3.05) is 0 Å². The molecule has 0 bridgehead atoms. The second-order valence-electron chi connectivity index (χ2n) is 10.0. The van der Waals surface area contributed by atoms with Crippen LogP contribution in [0, 0.1) is 13.8 Å². The zero-order valence-corrected chi connectivity index (χ0v) is 21.6. The lowest BCUT2D eigenvalue weighted by Gasteiger charge is -2.16. The SMILES string of the molecule is CCCCCCCCc1cc(C)c(-n2ccnc2-c2ccc3c(c2)c2ccccc2n3C)c(C)c1. The fourth-order valence-corrected chi connectivity index (χ4v) is 5.68. The van der Waals surface area contributed by atoms with Gasteiger partial charge in [0.05, 0.1) is 5.69 Å². The third-order valence-electron chi connectivity index (χ3n) is 7.42.